The van der Waals surface area contributed by atoms with Gasteiger partial charge in [0.15, 0.2) is 0 Å². The lowest BCUT2D eigenvalue weighted by Crippen LogP contribution is -2.06. The van der Waals surface area contributed by atoms with Crippen molar-refractivity contribution in [1.29, 1.82) is 0 Å². The molecular formula is C9H8BrNO4. The van der Waals surface area contributed by atoms with Crippen LogP contribution in [0, 0.1) is 17.0 Å². The average Bonchev–Trinajstić information content (AvgIpc) is 2.10. The number of hydrogen-bond donors (Lipinski definition) is 1. The number of aliphatic carboxylic acids is 1. The highest BCUT2D eigenvalue weighted by Gasteiger charge is 2.21. The fraction of sp³-hybridized carbons (Fsp3) is 0.222. The molecule has 6 heteroatoms. The van der Waals surface area contributed by atoms with Crippen LogP contribution in [0.15, 0.2) is 16.6 Å². The zero-order valence-electron chi connectivity index (χ0n) is 7.86. The highest BCUT2D eigenvalue weighted by Crippen LogP contribution is 2.31. The Morgan fingerprint density at radius 1 is 1.60 bits per heavy atom. The van der Waals surface area contributed by atoms with Gasteiger partial charge < -0.3 is 5.11 Å². The van der Waals surface area contributed by atoms with Crippen molar-refractivity contribution in [3.8, 4) is 0 Å². The molecule has 0 aliphatic rings. The van der Waals surface area contributed by atoms with Crippen LogP contribution in [0.2, 0.25) is 0 Å². The van der Waals surface area contributed by atoms with Gasteiger partial charge in [0.1, 0.15) is 0 Å². The highest BCUT2D eigenvalue weighted by atomic mass is 79.9. The van der Waals surface area contributed by atoms with E-state index in [9.17, 15) is 14.9 Å². The lowest BCUT2D eigenvalue weighted by molar-refractivity contribution is -0.386. The SMILES string of the molecule is Cc1ccc(Br)c([N+](=O)[O-])c1CC(=O)O. The molecule has 0 amide bonds. The number of rotatable bonds is 3. The van der Waals surface area contributed by atoms with E-state index < -0.39 is 10.9 Å². The third-order valence-electron chi connectivity index (χ3n) is 1.98. The van der Waals surface area contributed by atoms with E-state index in [2.05, 4.69) is 15.9 Å². The molecule has 0 bridgehead atoms. The molecular weight excluding hydrogens is 266 g/mol. The van der Waals surface area contributed by atoms with E-state index in [1.807, 2.05) is 0 Å². The summed E-state index contributed by atoms with van der Waals surface area (Å²) in [7, 11) is 0. The zero-order valence-corrected chi connectivity index (χ0v) is 9.44. The maximum atomic E-state index is 10.8. The van der Waals surface area contributed by atoms with Gasteiger partial charge in [0.25, 0.3) is 5.69 Å². The summed E-state index contributed by atoms with van der Waals surface area (Å²) >= 11 is 3.04. The van der Waals surface area contributed by atoms with Crippen molar-refractivity contribution in [3.05, 3.63) is 37.8 Å². The van der Waals surface area contributed by atoms with E-state index in [-0.39, 0.29) is 17.7 Å². The van der Waals surface area contributed by atoms with Crippen LogP contribution in [-0.2, 0) is 11.2 Å². The number of nitrogens with zero attached hydrogens (tertiary/aromatic N) is 1. The smallest absolute Gasteiger partial charge is 0.308 e. The summed E-state index contributed by atoms with van der Waals surface area (Å²) in [5.41, 5.74) is 0.673. The van der Waals surface area contributed by atoms with Gasteiger partial charge in [-0.1, -0.05) is 6.07 Å². The molecule has 0 saturated carbocycles. The van der Waals surface area contributed by atoms with Crippen LogP contribution >= 0.6 is 15.9 Å². The predicted octanol–water partition coefficient (Wildman–Crippen LogP) is 2.29. The number of aryl methyl sites for hydroxylation is 1. The van der Waals surface area contributed by atoms with Crippen LogP contribution in [0.4, 0.5) is 5.69 Å². The van der Waals surface area contributed by atoms with Gasteiger partial charge in [-0.25, -0.2) is 0 Å². The summed E-state index contributed by atoms with van der Waals surface area (Å²) in [5, 5.41) is 19.4. The molecule has 0 aliphatic carbocycles. The van der Waals surface area contributed by atoms with Crippen LogP contribution in [0.3, 0.4) is 0 Å². The first-order chi connectivity index (χ1) is 6.93. The molecule has 0 radical (unpaired) electrons. The molecule has 0 heterocycles. The van der Waals surface area contributed by atoms with Gasteiger partial charge in [0.05, 0.1) is 15.8 Å². The molecule has 0 unspecified atom stereocenters. The summed E-state index contributed by atoms with van der Waals surface area (Å²) in [6.07, 6.45) is -0.346. The highest BCUT2D eigenvalue weighted by molar-refractivity contribution is 9.10. The second-order valence-electron chi connectivity index (χ2n) is 3.02. The number of carboxylic acids is 1. The number of halogens is 1. The van der Waals surface area contributed by atoms with Gasteiger partial charge in [-0.3, -0.25) is 14.9 Å². The summed E-state index contributed by atoms with van der Waals surface area (Å²) in [5.74, 6) is -1.08. The van der Waals surface area contributed by atoms with E-state index in [0.29, 0.717) is 10.0 Å². The Balaban J connectivity index is 3.38. The first-order valence-electron chi connectivity index (χ1n) is 4.07. The van der Waals surface area contributed by atoms with Crippen molar-refractivity contribution in [2.75, 3.05) is 0 Å². The second kappa shape index (κ2) is 4.39. The third-order valence-corrected chi connectivity index (χ3v) is 2.62. The van der Waals surface area contributed by atoms with Crippen molar-refractivity contribution in [1.82, 2.24) is 0 Å². The second-order valence-corrected chi connectivity index (χ2v) is 3.87. The van der Waals surface area contributed by atoms with Crippen molar-refractivity contribution in [2.45, 2.75) is 13.3 Å². The minimum atomic E-state index is -1.08. The molecule has 1 rings (SSSR count). The van der Waals surface area contributed by atoms with Crippen LogP contribution in [0.1, 0.15) is 11.1 Å². The number of carboxylic acid groups (broad SMARTS) is 1. The fourth-order valence-electron chi connectivity index (χ4n) is 1.28. The van der Waals surface area contributed by atoms with E-state index in [1.165, 1.54) is 0 Å². The number of nitro groups is 1. The minimum Gasteiger partial charge on any atom is -0.481 e. The van der Waals surface area contributed by atoms with Gasteiger partial charge in [-0.2, -0.15) is 0 Å². The third kappa shape index (κ3) is 2.53. The molecule has 0 fully saturated rings. The maximum Gasteiger partial charge on any atom is 0.308 e. The van der Waals surface area contributed by atoms with Crippen LogP contribution in [0.25, 0.3) is 0 Å². The van der Waals surface area contributed by atoms with E-state index in [0.717, 1.165) is 0 Å². The molecule has 0 spiro atoms. The normalized spacial score (nSPS) is 10.0. The Kier molecular flexibility index (Phi) is 3.41. The molecule has 1 N–H and O–H groups in total. The summed E-state index contributed by atoms with van der Waals surface area (Å²) in [6.45, 7) is 1.65. The van der Waals surface area contributed by atoms with Crippen LogP contribution in [0.5, 0.6) is 0 Å². The van der Waals surface area contributed by atoms with Gasteiger partial charge in [-0.05, 0) is 34.5 Å². The van der Waals surface area contributed by atoms with Crippen LogP contribution < -0.4 is 0 Å². The Bertz CT molecular complexity index is 430. The Morgan fingerprint density at radius 2 is 2.20 bits per heavy atom. The van der Waals surface area contributed by atoms with E-state index >= 15 is 0 Å². The van der Waals surface area contributed by atoms with Crippen molar-refractivity contribution in [3.63, 3.8) is 0 Å². The fourth-order valence-corrected chi connectivity index (χ4v) is 1.80. The largest absolute Gasteiger partial charge is 0.481 e. The van der Waals surface area contributed by atoms with Gasteiger partial charge in [0, 0.05) is 5.56 Å². The molecule has 0 aromatic heterocycles. The van der Waals surface area contributed by atoms with Gasteiger partial charge >= 0.3 is 5.97 Å². The van der Waals surface area contributed by atoms with Gasteiger partial charge in [0.2, 0.25) is 0 Å². The van der Waals surface area contributed by atoms with E-state index in [1.54, 1.807) is 19.1 Å². The quantitative estimate of drug-likeness (QED) is 0.677. The Labute approximate surface area is 94.0 Å². The van der Waals surface area contributed by atoms with Crippen molar-refractivity contribution >= 4 is 27.6 Å². The Morgan fingerprint density at radius 3 is 2.67 bits per heavy atom. The standard InChI is InChI=1S/C9H8BrNO4/c1-5-2-3-7(10)9(11(14)15)6(5)4-8(12)13/h2-3H,4H2,1H3,(H,12,13). The van der Waals surface area contributed by atoms with Gasteiger partial charge in [-0.15, -0.1) is 0 Å². The molecule has 0 aliphatic heterocycles. The van der Waals surface area contributed by atoms with Crippen molar-refractivity contribution in [2.24, 2.45) is 0 Å². The summed E-state index contributed by atoms with van der Waals surface area (Å²) < 4.78 is 0.300. The molecule has 0 saturated heterocycles. The monoisotopic (exact) mass is 273 g/mol. The molecule has 15 heavy (non-hydrogen) atoms. The van der Waals surface area contributed by atoms with E-state index in [4.69, 9.17) is 5.11 Å². The first-order valence-corrected chi connectivity index (χ1v) is 4.87. The molecule has 1 aromatic rings. The topological polar surface area (TPSA) is 80.4 Å². The predicted molar refractivity (Wildman–Crippen MR) is 56.9 cm³/mol. The summed E-state index contributed by atoms with van der Waals surface area (Å²) in [6, 6.07) is 3.19. The van der Waals surface area contributed by atoms with Crippen LogP contribution in [-0.4, -0.2) is 16.0 Å². The number of carbonyl (C=O) groups is 1. The number of nitro benzene ring substituents is 1. The maximum absolute atomic E-state index is 10.8. The number of benzene rings is 1. The molecule has 5 nitrogen and oxygen atoms in total. The average molecular weight is 274 g/mol. The van der Waals surface area contributed by atoms with Crippen molar-refractivity contribution < 1.29 is 14.8 Å². The molecule has 1 aromatic carbocycles. The molecule has 80 valence electrons. The first kappa shape index (κ1) is 11.6. The lowest BCUT2D eigenvalue weighted by atomic mass is 10.0. The molecule has 0 atom stereocenters. The zero-order chi connectivity index (χ0) is 11.6. The summed E-state index contributed by atoms with van der Waals surface area (Å²) in [4.78, 5) is 20.8. The Hall–Kier alpha value is -1.43. The number of hydrogen-bond acceptors (Lipinski definition) is 3. The lowest BCUT2D eigenvalue weighted by Gasteiger charge is -2.05. The minimum absolute atomic E-state index is 0.169.